The standard InChI is InChI=1S/C11H21NO3S2/c1-4-17(14,15)11-8-16-6-5-12(11)9(2)7-10(3)13/h9,11H,4-8H2,1-3H3. The second kappa shape index (κ2) is 6.20. The van der Waals surface area contributed by atoms with Gasteiger partial charge in [-0.15, -0.1) is 0 Å². The van der Waals surface area contributed by atoms with E-state index >= 15 is 0 Å². The van der Waals surface area contributed by atoms with Crippen molar-refractivity contribution in [1.29, 1.82) is 0 Å². The summed E-state index contributed by atoms with van der Waals surface area (Å²) in [7, 11) is -3.06. The molecule has 2 unspecified atom stereocenters. The highest BCUT2D eigenvalue weighted by molar-refractivity contribution is 8.01. The van der Waals surface area contributed by atoms with Crippen molar-refractivity contribution in [2.75, 3.05) is 23.8 Å². The number of carbonyl (C=O) groups excluding carboxylic acids is 1. The Hall–Kier alpha value is -0.0700. The van der Waals surface area contributed by atoms with E-state index in [0.29, 0.717) is 12.2 Å². The van der Waals surface area contributed by atoms with E-state index in [-0.39, 0.29) is 17.6 Å². The molecular weight excluding hydrogens is 258 g/mol. The average Bonchev–Trinajstić information content (AvgIpc) is 2.28. The second-order valence-corrected chi connectivity index (χ2v) is 8.07. The van der Waals surface area contributed by atoms with Gasteiger partial charge in [0, 0.05) is 36.3 Å². The van der Waals surface area contributed by atoms with E-state index in [1.54, 1.807) is 25.6 Å². The third-order valence-electron chi connectivity index (χ3n) is 3.09. The molecule has 0 aromatic rings. The highest BCUT2D eigenvalue weighted by Crippen LogP contribution is 2.24. The van der Waals surface area contributed by atoms with Crippen LogP contribution in [-0.2, 0) is 14.6 Å². The normalized spacial score (nSPS) is 24.5. The van der Waals surface area contributed by atoms with Crippen molar-refractivity contribution in [3.63, 3.8) is 0 Å². The van der Waals surface area contributed by atoms with Crippen molar-refractivity contribution in [1.82, 2.24) is 4.90 Å². The number of ketones is 1. The van der Waals surface area contributed by atoms with Crippen molar-refractivity contribution in [3.8, 4) is 0 Å². The highest BCUT2D eigenvalue weighted by Gasteiger charge is 2.35. The molecule has 0 aromatic heterocycles. The summed E-state index contributed by atoms with van der Waals surface area (Å²) in [5.74, 6) is 1.85. The van der Waals surface area contributed by atoms with Crippen LogP contribution in [0.2, 0.25) is 0 Å². The summed E-state index contributed by atoms with van der Waals surface area (Å²) in [4.78, 5) is 13.1. The van der Waals surface area contributed by atoms with Gasteiger partial charge in [-0.2, -0.15) is 11.8 Å². The largest absolute Gasteiger partial charge is 0.300 e. The van der Waals surface area contributed by atoms with E-state index < -0.39 is 15.2 Å². The van der Waals surface area contributed by atoms with Crippen LogP contribution in [0.15, 0.2) is 0 Å². The predicted octanol–water partition coefficient (Wildman–Crippen LogP) is 1.16. The van der Waals surface area contributed by atoms with Crippen LogP contribution < -0.4 is 0 Å². The number of Topliss-reactive ketones (excluding diaryl/α,β-unsaturated/α-hetero) is 1. The highest BCUT2D eigenvalue weighted by atomic mass is 32.2. The van der Waals surface area contributed by atoms with Gasteiger partial charge in [0.05, 0.1) is 0 Å². The first kappa shape index (κ1) is 15.0. The van der Waals surface area contributed by atoms with Gasteiger partial charge in [0.15, 0.2) is 9.84 Å². The number of hydrogen-bond acceptors (Lipinski definition) is 5. The Morgan fingerprint density at radius 2 is 2.18 bits per heavy atom. The number of rotatable bonds is 5. The molecule has 1 rings (SSSR count). The van der Waals surface area contributed by atoms with Gasteiger partial charge in [-0.25, -0.2) is 8.42 Å². The molecule has 0 amide bonds. The van der Waals surface area contributed by atoms with Crippen molar-refractivity contribution in [3.05, 3.63) is 0 Å². The van der Waals surface area contributed by atoms with Crippen molar-refractivity contribution in [2.24, 2.45) is 0 Å². The Kier molecular flexibility index (Phi) is 5.47. The second-order valence-electron chi connectivity index (χ2n) is 4.47. The molecule has 1 saturated heterocycles. The monoisotopic (exact) mass is 279 g/mol. The molecule has 2 atom stereocenters. The summed E-state index contributed by atoms with van der Waals surface area (Å²) < 4.78 is 24.0. The maximum absolute atomic E-state index is 12.0. The van der Waals surface area contributed by atoms with Crippen LogP contribution in [0.4, 0.5) is 0 Å². The molecule has 0 bridgehead atoms. The molecule has 0 saturated carbocycles. The molecule has 0 aliphatic carbocycles. The molecule has 1 fully saturated rings. The number of carbonyl (C=O) groups is 1. The molecule has 0 aromatic carbocycles. The first-order valence-corrected chi connectivity index (χ1v) is 8.80. The van der Waals surface area contributed by atoms with E-state index in [0.717, 1.165) is 12.3 Å². The van der Waals surface area contributed by atoms with E-state index in [2.05, 4.69) is 0 Å². The van der Waals surface area contributed by atoms with Crippen LogP contribution in [0.5, 0.6) is 0 Å². The molecule has 0 radical (unpaired) electrons. The van der Waals surface area contributed by atoms with Crippen LogP contribution in [0.1, 0.15) is 27.2 Å². The van der Waals surface area contributed by atoms with Crippen molar-refractivity contribution in [2.45, 2.75) is 38.6 Å². The smallest absolute Gasteiger partial charge is 0.166 e. The number of nitrogens with zero attached hydrogens (tertiary/aromatic N) is 1. The van der Waals surface area contributed by atoms with Gasteiger partial charge < -0.3 is 0 Å². The minimum atomic E-state index is -3.06. The summed E-state index contributed by atoms with van der Waals surface area (Å²) in [6, 6.07) is 0.0136. The lowest BCUT2D eigenvalue weighted by Crippen LogP contribution is -2.52. The number of thioether (sulfide) groups is 1. The van der Waals surface area contributed by atoms with Crippen molar-refractivity contribution < 1.29 is 13.2 Å². The van der Waals surface area contributed by atoms with Crippen LogP contribution in [0, 0.1) is 0 Å². The van der Waals surface area contributed by atoms with Gasteiger partial charge in [0.2, 0.25) is 0 Å². The zero-order chi connectivity index (χ0) is 13.1. The Bertz CT molecular complexity index is 367. The lowest BCUT2D eigenvalue weighted by atomic mass is 10.1. The van der Waals surface area contributed by atoms with Gasteiger partial charge in [0.25, 0.3) is 0 Å². The van der Waals surface area contributed by atoms with Gasteiger partial charge >= 0.3 is 0 Å². The van der Waals surface area contributed by atoms with Crippen LogP contribution >= 0.6 is 11.8 Å². The summed E-state index contributed by atoms with van der Waals surface area (Å²) in [5, 5.41) is -0.416. The molecule has 100 valence electrons. The lowest BCUT2D eigenvalue weighted by molar-refractivity contribution is -0.118. The SMILES string of the molecule is CCS(=O)(=O)C1CSCCN1C(C)CC(C)=O. The topological polar surface area (TPSA) is 54.5 Å². The zero-order valence-electron chi connectivity index (χ0n) is 10.7. The van der Waals surface area contributed by atoms with Crippen LogP contribution in [0.3, 0.4) is 0 Å². The summed E-state index contributed by atoms with van der Waals surface area (Å²) in [6.45, 7) is 5.93. The fraction of sp³-hybridized carbons (Fsp3) is 0.909. The molecular formula is C11H21NO3S2. The van der Waals surface area contributed by atoms with E-state index in [1.165, 1.54) is 0 Å². The molecule has 6 heteroatoms. The quantitative estimate of drug-likeness (QED) is 0.756. The summed E-state index contributed by atoms with van der Waals surface area (Å²) in [5.41, 5.74) is 0. The van der Waals surface area contributed by atoms with E-state index in [4.69, 9.17) is 0 Å². The molecule has 0 spiro atoms. The molecule has 0 N–H and O–H groups in total. The molecule has 1 aliphatic heterocycles. The van der Waals surface area contributed by atoms with Gasteiger partial charge in [-0.05, 0) is 13.8 Å². The predicted molar refractivity (Wildman–Crippen MR) is 72.0 cm³/mol. The van der Waals surface area contributed by atoms with E-state index in [9.17, 15) is 13.2 Å². The van der Waals surface area contributed by atoms with E-state index in [1.807, 2.05) is 11.8 Å². The Balaban J connectivity index is 2.83. The molecule has 1 heterocycles. The van der Waals surface area contributed by atoms with Crippen LogP contribution in [0.25, 0.3) is 0 Å². The third-order valence-corrected chi connectivity index (χ3v) is 6.40. The van der Waals surface area contributed by atoms with Gasteiger partial charge in [0.1, 0.15) is 11.2 Å². The summed E-state index contributed by atoms with van der Waals surface area (Å²) >= 11 is 1.68. The average molecular weight is 279 g/mol. The lowest BCUT2D eigenvalue weighted by Gasteiger charge is -2.38. The molecule has 17 heavy (non-hydrogen) atoms. The zero-order valence-corrected chi connectivity index (χ0v) is 12.3. The minimum absolute atomic E-state index is 0.0136. The third kappa shape index (κ3) is 3.96. The maximum atomic E-state index is 12.0. The first-order chi connectivity index (χ1) is 7.88. The van der Waals surface area contributed by atoms with Gasteiger partial charge in [-0.3, -0.25) is 9.69 Å². The minimum Gasteiger partial charge on any atom is -0.300 e. The molecule has 4 nitrogen and oxygen atoms in total. The Labute approximate surface area is 108 Å². The fourth-order valence-electron chi connectivity index (χ4n) is 2.13. The van der Waals surface area contributed by atoms with Gasteiger partial charge in [-0.1, -0.05) is 6.92 Å². The Morgan fingerprint density at radius 3 is 2.71 bits per heavy atom. The molecule has 1 aliphatic rings. The Morgan fingerprint density at radius 1 is 1.53 bits per heavy atom. The summed E-state index contributed by atoms with van der Waals surface area (Å²) in [6.07, 6.45) is 0.431. The van der Waals surface area contributed by atoms with Crippen molar-refractivity contribution >= 4 is 27.4 Å². The van der Waals surface area contributed by atoms with Crippen LogP contribution in [-0.4, -0.2) is 54.3 Å². The maximum Gasteiger partial charge on any atom is 0.166 e. The number of sulfone groups is 1. The fourth-order valence-corrected chi connectivity index (χ4v) is 5.26. The number of hydrogen-bond donors (Lipinski definition) is 0. The first-order valence-electron chi connectivity index (χ1n) is 5.93.